The Morgan fingerprint density at radius 3 is 2.71 bits per heavy atom. The maximum atomic E-state index is 12.0. The quantitative estimate of drug-likeness (QED) is 0.606. The Morgan fingerprint density at radius 2 is 2.10 bits per heavy atom. The smallest absolute Gasteiger partial charge is 0.260 e. The number of rotatable bonds is 6. The second-order valence-corrected chi connectivity index (χ2v) is 5.41. The van der Waals surface area contributed by atoms with Crippen LogP contribution < -0.4 is 16.6 Å². The Kier molecular flexibility index (Phi) is 4.47. The molecule has 0 aliphatic rings. The largest absolute Gasteiger partial charge is 0.399 e. The minimum absolute atomic E-state index is 0.0986. The Morgan fingerprint density at radius 1 is 1.38 bits per heavy atom. The number of nitrogen functional groups attached to an aromatic ring is 1. The molecule has 0 fully saturated rings. The van der Waals surface area contributed by atoms with Crippen molar-refractivity contribution in [2.45, 2.75) is 26.7 Å². The summed E-state index contributed by atoms with van der Waals surface area (Å²) in [5.41, 5.74) is 6.38. The molecule has 0 unspecified atom stereocenters. The van der Waals surface area contributed by atoms with E-state index in [-0.39, 0.29) is 17.6 Å². The molecule has 1 heterocycles. The fraction of sp³-hybridized carbons (Fsp3) is 0.467. The molecule has 2 rings (SSSR count). The van der Waals surface area contributed by atoms with Crippen LogP contribution in [-0.2, 0) is 0 Å². The number of nitrogens with zero attached hydrogens (tertiary/aromatic N) is 1. The minimum Gasteiger partial charge on any atom is -0.399 e. The van der Waals surface area contributed by atoms with Crippen molar-refractivity contribution in [3.63, 3.8) is 0 Å². The highest BCUT2D eigenvalue weighted by molar-refractivity contribution is 5.81. The van der Waals surface area contributed by atoms with E-state index in [4.69, 9.17) is 5.73 Å². The zero-order valence-corrected chi connectivity index (χ0v) is 12.4. The first-order valence-electron chi connectivity index (χ1n) is 7.18. The molecule has 2 aromatic rings. The molecule has 6 heteroatoms. The van der Waals surface area contributed by atoms with Crippen molar-refractivity contribution in [3.05, 3.63) is 28.6 Å². The van der Waals surface area contributed by atoms with Crippen molar-refractivity contribution in [3.8, 4) is 0 Å². The SMILES string of the molecule is CCC(CC)(CO)CNc1nc2ccc(N)cc2c(=O)[nH]1. The van der Waals surface area contributed by atoms with E-state index < -0.39 is 0 Å². The van der Waals surface area contributed by atoms with Gasteiger partial charge < -0.3 is 16.2 Å². The summed E-state index contributed by atoms with van der Waals surface area (Å²) in [5.74, 6) is 0.414. The second-order valence-electron chi connectivity index (χ2n) is 5.41. The van der Waals surface area contributed by atoms with Crippen molar-refractivity contribution in [2.75, 3.05) is 24.2 Å². The maximum Gasteiger partial charge on any atom is 0.260 e. The van der Waals surface area contributed by atoms with Gasteiger partial charge in [-0.1, -0.05) is 13.8 Å². The van der Waals surface area contributed by atoms with Gasteiger partial charge in [-0.05, 0) is 31.0 Å². The van der Waals surface area contributed by atoms with Crippen LogP contribution in [0.15, 0.2) is 23.0 Å². The van der Waals surface area contributed by atoms with Crippen molar-refractivity contribution in [1.29, 1.82) is 0 Å². The number of H-pyrrole nitrogens is 1. The molecule has 0 amide bonds. The standard InChI is InChI=1S/C15H22N4O2/c1-3-15(4-2,9-20)8-17-14-18-12-6-5-10(16)7-11(12)13(21)19-14/h5-7,20H,3-4,8-9,16H2,1-2H3,(H2,17,18,19,21). The molecule has 1 aromatic carbocycles. The summed E-state index contributed by atoms with van der Waals surface area (Å²) < 4.78 is 0. The highest BCUT2D eigenvalue weighted by Gasteiger charge is 2.25. The normalized spacial score (nSPS) is 11.8. The number of nitrogens with two attached hydrogens (primary N) is 1. The van der Waals surface area contributed by atoms with E-state index >= 15 is 0 Å². The first-order chi connectivity index (χ1) is 10.0. The molecule has 5 N–H and O–H groups in total. The predicted molar refractivity (Wildman–Crippen MR) is 85.4 cm³/mol. The van der Waals surface area contributed by atoms with Gasteiger partial charge in [0.15, 0.2) is 0 Å². The van der Waals surface area contributed by atoms with Gasteiger partial charge in [0.2, 0.25) is 5.95 Å². The van der Waals surface area contributed by atoms with Gasteiger partial charge in [0, 0.05) is 17.6 Å². The molecule has 0 aliphatic carbocycles. The van der Waals surface area contributed by atoms with Gasteiger partial charge in [-0.2, -0.15) is 0 Å². The molecule has 6 nitrogen and oxygen atoms in total. The van der Waals surface area contributed by atoms with E-state index in [1.807, 2.05) is 13.8 Å². The van der Waals surface area contributed by atoms with E-state index in [1.165, 1.54) is 0 Å². The van der Waals surface area contributed by atoms with Crippen molar-refractivity contribution >= 4 is 22.5 Å². The lowest BCUT2D eigenvalue weighted by Gasteiger charge is -2.29. The van der Waals surface area contributed by atoms with Crippen LogP contribution in [0.1, 0.15) is 26.7 Å². The van der Waals surface area contributed by atoms with Crippen molar-refractivity contribution in [1.82, 2.24) is 9.97 Å². The molecule has 0 aliphatic heterocycles. The lowest BCUT2D eigenvalue weighted by atomic mass is 9.83. The van der Waals surface area contributed by atoms with Crippen LogP contribution in [0.2, 0.25) is 0 Å². The molecule has 1 aromatic heterocycles. The molecule has 0 bridgehead atoms. The number of aliphatic hydroxyl groups excluding tert-OH is 1. The Bertz CT molecular complexity index is 669. The molecule has 0 atom stereocenters. The van der Waals surface area contributed by atoms with Crippen molar-refractivity contribution in [2.24, 2.45) is 5.41 Å². The number of aromatic amines is 1. The monoisotopic (exact) mass is 290 g/mol. The number of aliphatic hydroxyl groups is 1. The third-order valence-corrected chi connectivity index (χ3v) is 4.20. The summed E-state index contributed by atoms with van der Waals surface area (Å²) in [6.45, 7) is 4.74. The number of hydrogen-bond acceptors (Lipinski definition) is 5. The molecule has 114 valence electrons. The van der Waals surface area contributed by atoms with Gasteiger partial charge in [-0.15, -0.1) is 0 Å². The van der Waals surface area contributed by atoms with Gasteiger partial charge in [-0.25, -0.2) is 4.98 Å². The Labute approximate surface area is 123 Å². The number of fused-ring (bicyclic) bond motifs is 1. The zero-order valence-electron chi connectivity index (χ0n) is 12.4. The summed E-state index contributed by atoms with van der Waals surface area (Å²) in [6, 6.07) is 5.06. The highest BCUT2D eigenvalue weighted by Crippen LogP contribution is 2.25. The van der Waals surface area contributed by atoms with Gasteiger partial charge in [0.1, 0.15) is 0 Å². The van der Waals surface area contributed by atoms with Gasteiger partial charge in [0.05, 0.1) is 17.5 Å². The molecule has 0 spiro atoms. The summed E-state index contributed by atoms with van der Waals surface area (Å²) >= 11 is 0. The van der Waals surface area contributed by atoms with Gasteiger partial charge in [-0.3, -0.25) is 9.78 Å². The third-order valence-electron chi connectivity index (χ3n) is 4.20. The molecule has 21 heavy (non-hydrogen) atoms. The minimum atomic E-state index is -0.225. The Hall–Kier alpha value is -2.08. The maximum absolute atomic E-state index is 12.0. The number of anilines is 2. The van der Waals surface area contributed by atoms with Crippen LogP contribution in [0.3, 0.4) is 0 Å². The third kappa shape index (κ3) is 3.16. The van der Waals surface area contributed by atoms with E-state index in [9.17, 15) is 9.90 Å². The lowest BCUT2D eigenvalue weighted by Crippen LogP contribution is -2.33. The average Bonchev–Trinajstić information content (AvgIpc) is 2.50. The van der Waals surface area contributed by atoms with Crippen LogP contribution in [0.5, 0.6) is 0 Å². The van der Waals surface area contributed by atoms with Crippen LogP contribution in [0.25, 0.3) is 10.9 Å². The fourth-order valence-electron chi connectivity index (χ4n) is 2.29. The topological polar surface area (TPSA) is 104 Å². The first kappa shape index (κ1) is 15.3. The molecule has 0 saturated heterocycles. The van der Waals surface area contributed by atoms with E-state index in [0.29, 0.717) is 29.1 Å². The van der Waals surface area contributed by atoms with E-state index in [1.54, 1.807) is 18.2 Å². The first-order valence-corrected chi connectivity index (χ1v) is 7.18. The van der Waals surface area contributed by atoms with E-state index in [2.05, 4.69) is 15.3 Å². The zero-order chi connectivity index (χ0) is 15.5. The van der Waals surface area contributed by atoms with Crippen LogP contribution in [0, 0.1) is 5.41 Å². The van der Waals surface area contributed by atoms with Gasteiger partial charge >= 0.3 is 0 Å². The summed E-state index contributed by atoms with van der Waals surface area (Å²) in [7, 11) is 0. The van der Waals surface area contributed by atoms with Crippen LogP contribution in [0.4, 0.5) is 11.6 Å². The fourth-order valence-corrected chi connectivity index (χ4v) is 2.29. The molecule has 0 radical (unpaired) electrons. The van der Waals surface area contributed by atoms with Crippen LogP contribution >= 0.6 is 0 Å². The lowest BCUT2D eigenvalue weighted by molar-refractivity contribution is 0.127. The van der Waals surface area contributed by atoms with Gasteiger partial charge in [0.25, 0.3) is 5.56 Å². The summed E-state index contributed by atoms with van der Waals surface area (Å²) in [5, 5.41) is 13.2. The van der Waals surface area contributed by atoms with Crippen LogP contribution in [-0.4, -0.2) is 28.2 Å². The molecule has 0 saturated carbocycles. The van der Waals surface area contributed by atoms with Crippen molar-refractivity contribution < 1.29 is 5.11 Å². The summed E-state index contributed by atoms with van der Waals surface area (Å²) in [6.07, 6.45) is 1.70. The predicted octanol–water partition coefficient (Wildman–Crippen LogP) is 1.72. The number of hydrogen-bond donors (Lipinski definition) is 4. The molecular weight excluding hydrogens is 268 g/mol. The Balaban J connectivity index is 2.28. The molecular formula is C15H22N4O2. The highest BCUT2D eigenvalue weighted by atomic mass is 16.3. The number of nitrogens with one attached hydrogen (secondary N) is 2. The number of benzene rings is 1. The summed E-state index contributed by atoms with van der Waals surface area (Å²) in [4.78, 5) is 19.1. The van der Waals surface area contributed by atoms with E-state index in [0.717, 1.165) is 12.8 Å². The average molecular weight is 290 g/mol. The number of aromatic nitrogens is 2. The second kappa shape index (κ2) is 6.13.